The summed E-state index contributed by atoms with van der Waals surface area (Å²) in [6, 6.07) is 11.9. The molecule has 0 saturated carbocycles. The highest BCUT2D eigenvalue weighted by molar-refractivity contribution is 5.77. The van der Waals surface area contributed by atoms with Crippen LogP contribution in [0.2, 0.25) is 0 Å². The van der Waals surface area contributed by atoms with E-state index in [1.807, 2.05) is 24.3 Å². The molecule has 5 nitrogen and oxygen atoms in total. The van der Waals surface area contributed by atoms with E-state index in [1.165, 1.54) is 11.1 Å². The first kappa shape index (κ1) is 19.8. The monoisotopic (exact) mass is 357 g/mol. The van der Waals surface area contributed by atoms with Crippen LogP contribution in [-0.2, 0) is 22.6 Å². The quantitative estimate of drug-likeness (QED) is 0.749. The molecule has 2 aromatic rings. The molecule has 0 saturated heterocycles. The number of benzene rings is 2. The summed E-state index contributed by atoms with van der Waals surface area (Å²) in [4.78, 5) is 11.9. The Balaban J connectivity index is 1.72. The van der Waals surface area contributed by atoms with Crippen LogP contribution in [-0.4, -0.2) is 33.3 Å². The molecule has 0 fully saturated rings. The van der Waals surface area contributed by atoms with Crippen LogP contribution in [0.25, 0.3) is 0 Å². The molecule has 0 aliphatic rings. The molecular formula is C21H27NO4. The predicted octanol–water partition coefficient (Wildman–Crippen LogP) is 3.20. The third-order valence-electron chi connectivity index (χ3n) is 4.17. The fourth-order valence-electron chi connectivity index (χ4n) is 2.69. The highest BCUT2D eigenvalue weighted by Crippen LogP contribution is 2.27. The van der Waals surface area contributed by atoms with Gasteiger partial charge in [-0.3, -0.25) is 4.79 Å². The molecule has 5 heteroatoms. The topological polar surface area (TPSA) is 56.8 Å². The van der Waals surface area contributed by atoms with Crippen LogP contribution < -0.4 is 14.8 Å². The van der Waals surface area contributed by atoms with Gasteiger partial charge < -0.3 is 19.5 Å². The smallest absolute Gasteiger partial charge is 0.246 e. The number of hydrogen-bond donors (Lipinski definition) is 1. The van der Waals surface area contributed by atoms with Crippen LogP contribution in [0.5, 0.6) is 11.5 Å². The number of rotatable bonds is 9. The zero-order valence-electron chi connectivity index (χ0n) is 15.9. The number of methoxy groups -OCH3 is 2. The molecule has 0 spiro atoms. The highest BCUT2D eigenvalue weighted by atomic mass is 16.5. The van der Waals surface area contributed by atoms with E-state index in [2.05, 4.69) is 31.3 Å². The molecule has 1 N–H and O–H groups in total. The van der Waals surface area contributed by atoms with Gasteiger partial charge in [0.25, 0.3) is 0 Å². The van der Waals surface area contributed by atoms with E-state index in [1.54, 1.807) is 14.2 Å². The van der Waals surface area contributed by atoms with Crippen molar-refractivity contribution in [2.75, 3.05) is 27.4 Å². The van der Waals surface area contributed by atoms with Crippen molar-refractivity contribution < 1.29 is 19.0 Å². The molecule has 0 unspecified atom stereocenters. The van der Waals surface area contributed by atoms with Gasteiger partial charge in [0.15, 0.2) is 11.5 Å². The Morgan fingerprint density at radius 2 is 1.77 bits per heavy atom. The summed E-state index contributed by atoms with van der Waals surface area (Å²) in [5.41, 5.74) is 4.57. The van der Waals surface area contributed by atoms with E-state index >= 15 is 0 Å². The Morgan fingerprint density at radius 3 is 2.46 bits per heavy atom. The Hall–Kier alpha value is -2.53. The van der Waals surface area contributed by atoms with E-state index in [4.69, 9.17) is 14.2 Å². The van der Waals surface area contributed by atoms with Crippen molar-refractivity contribution in [2.45, 2.75) is 26.9 Å². The number of carbonyl (C=O) groups excluding carboxylic acids is 1. The lowest BCUT2D eigenvalue weighted by molar-refractivity contribution is -0.126. The van der Waals surface area contributed by atoms with Crippen molar-refractivity contribution >= 4 is 5.91 Å². The number of nitrogens with one attached hydrogen (secondary N) is 1. The standard InChI is InChI=1S/C21H27NO4/c1-15-5-7-18(16(2)11-15)13-26-14-21(23)22-10-9-17-6-8-19(24-3)20(12-17)25-4/h5-8,11-12H,9-10,13-14H2,1-4H3,(H,22,23). The first-order chi connectivity index (χ1) is 12.5. The Labute approximate surface area is 155 Å². The summed E-state index contributed by atoms with van der Waals surface area (Å²) in [5.74, 6) is 1.27. The van der Waals surface area contributed by atoms with E-state index < -0.39 is 0 Å². The second-order valence-electron chi connectivity index (χ2n) is 6.21. The molecule has 0 aromatic heterocycles. The number of carbonyl (C=O) groups is 1. The summed E-state index contributed by atoms with van der Waals surface area (Å²) < 4.78 is 16.0. The van der Waals surface area contributed by atoms with Gasteiger partial charge in [-0.25, -0.2) is 0 Å². The molecule has 0 bridgehead atoms. The second-order valence-corrected chi connectivity index (χ2v) is 6.21. The van der Waals surface area contributed by atoms with Crippen LogP contribution >= 0.6 is 0 Å². The van der Waals surface area contributed by atoms with Crippen LogP contribution in [0, 0.1) is 13.8 Å². The van der Waals surface area contributed by atoms with Crippen molar-refractivity contribution in [1.82, 2.24) is 5.32 Å². The zero-order valence-corrected chi connectivity index (χ0v) is 15.9. The Kier molecular flexibility index (Phi) is 7.48. The zero-order chi connectivity index (χ0) is 18.9. The average Bonchev–Trinajstić information content (AvgIpc) is 2.63. The Bertz CT molecular complexity index is 743. The van der Waals surface area contributed by atoms with E-state index in [0.29, 0.717) is 31.1 Å². The molecule has 140 valence electrons. The van der Waals surface area contributed by atoms with Gasteiger partial charge in [0.05, 0.1) is 20.8 Å². The third kappa shape index (κ3) is 5.77. The van der Waals surface area contributed by atoms with Crippen molar-refractivity contribution in [2.24, 2.45) is 0 Å². The maximum absolute atomic E-state index is 11.9. The van der Waals surface area contributed by atoms with Gasteiger partial charge in [-0.1, -0.05) is 29.8 Å². The maximum atomic E-state index is 11.9. The number of amides is 1. The largest absolute Gasteiger partial charge is 0.493 e. The van der Waals surface area contributed by atoms with E-state index in [9.17, 15) is 4.79 Å². The normalized spacial score (nSPS) is 10.5. The summed E-state index contributed by atoms with van der Waals surface area (Å²) in [5, 5.41) is 2.87. The highest BCUT2D eigenvalue weighted by Gasteiger charge is 2.06. The molecule has 1 amide bonds. The molecule has 26 heavy (non-hydrogen) atoms. The molecule has 0 heterocycles. The van der Waals surface area contributed by atoms with Gasteiger partial charge in [0, 0.05) is 6.54 Å². The fraction of sp³-hybridized carbons (Fsp3) is 0.381. The first-order valence-corrected chi connectivity index (χ1v) is 8.65. The van der Waals surface area contributed by atoms with Gasteiger partial charge >= 0.3 is 0 Å². The Morgan fingerprint density at radius 1 is 1.00 bits per heavy atom. The van der Waals surface area contributed by atoms with Crippen molar-refractivity contribution in [3.05, 3.63) is 58.7 Å². The predicted molar refractivity (Wildman–Crippen MR) is 102 cm³/mol. The average molecular weight is 357 g/mol. The molecule has 0 radical (unpaired) electrons. The van der Waals surface area contributed by atoms with Crippen LogP contribution in [0.1, 0.15) is 22.3 Å². The van der Waals surface area contributed by atoms with Gasteiger partial charge in [0.2, 0.25) is 5.91 Å². The third-order valence-corrected chi connectivity index (χ3v) is 4.17. The van der Waals surface area contributed by atoms with E-state index in [-0.39, 0.29) is 12.5 Å². The lowest BCUT2D eigenvalue weighted by Gasteiger charge is -2.11. The minimum atomic E-state index is -0.116. The number of ether oxygens (including phenoxy) is 3. The van der Waals surface area contributed by atoms with Crippen LogP contribution in [0.4, 0.5) is 0 Å². The molecule has 0 aliphatic heterocycles. The SMILES string of the molecule is COc1ccc(CCNC(=O)COCc2ccc(C)cc2C)cc1OC. The van der Waals surface area contributed by atoms with Crippen LogP contribution in [0.3, 0.4) is 0 Å². The first-order valence-electron chi connectivity index (χ1n) is 8.65. The van der Waals surface area contributed by atoms with Gasteiger partial charge in [-0.05, 0) is 49.1 Å². The number of aryl methyl sites for hydroxylation is 2. The minimum Gasteiger partial charge on any atom is -0.493 e. The fourth-order valence-corrected chi connectivity index (χ4v) is 2.69. The molecular weight excluding hydrogens is 330 g/mol. The summed E-state index contributed by atoms with van der Waals surface area (Å²) in [6.45, 7) is 5.15. The van der Waals surface area contributed by atoms with Crippen LogP contribution in [0.15, 0.2) is 36.4 Å². The summed E-state index contributed by atoms with van der Waals surface area (Å²) >= 11 is 0. The summed E-state index contributed by atoms with van der Waals surface area (Å²) in [7, 11) is 3.21. The van der Waals surface area contributed by atoms with Gasteiger partial charge in [0.1, 0.15) is 6.61 Å². The molecule has 0 atom stereocenters. The number of hydrogen-bond acceptors (Lipinski definition) is 4. The van der Waals surface area contributed by atoms with Gasteiger partial charge in [-0.2, -0.15) is 0 Å². The molecule has 2 aromatic carbocycles. The summed E-state index contributed by atoms with van der Waals surface area (Å²) in [6.07, 6.45) is 0.711. The molecule has 0 aliphatic carbocycles. The van der Waals surface area contributed by atoms with Crippen molar-refractivity contribution in [1.29, 1.82) is 0 Å². The van der Waals surface area contributed by atoms with Crippen molar-refractivity contribution in [3.8, 4) is 11.5 Å². The molecule has 2 rings (SSSR count). The second kappa shape index (κ2) is 9.82. The lowest BCUT2D eigenvalue weighted by Crippen LogP contribution is -2.29. The maximum Gasteiger partial charge on any atom is 0.246 e. The van der Waals surface area contributed by atoms with Gasteiger partial charge in [-0.15, -0.1) is 0 Å². The minimum absolute atomic E-state index is 0.0548. The van der Waals surface area contributed by atoms with Crippen molar-refractivity contribution in [3.63, 3.8) is 0 Å². The lowest BCUT2D eigenvalue weighted by atomic mass is 10.1. The van der Waals surface area contributed by atoms with E-state index in [0.717, 1.165) is 11.1 Å².